The maximum absolute atomic E-state index is 5.50. The molecular formula is C10H15N3O. The Morgan fingerprint density at radius 1 is 1.50 bits per heavy atom. The smallest absolute Gasteiger partial charge is 0.316 e. The summed E-state index contributed by atoms with van der Waals surface area (Å²) in [6.45, 7) is 1.87. The SMILES string of the molecule is CN1CCCC1COc1ncccn1. The van der Waals surface area contributed by atoms with Gasteiger partial charge in [0.15, 0.2) is 0 Å². The van der Waals surface area contributed by atoms with E-state index in [-0.39, 0.29) is 0 Å². The van der Waals surface area contributed by atoms with E-state index in [2.05, 4.69) is 21.9 Å². The van der Waals surface area contributed by atoms with Gasteiger partial charge < -0.3 is 9.64 Å². The molecule has 1 unspecified atom stereocenters. The maximum atomic E-state index is 5.50. The predicted octanol–water partition coefficient (Wildman–Crippen LogP) is 0.950. The summed E-state index contributed by atoms with van der Waals surface area (Å²) in [5, 5.41) is 0. The Morgan fingerprint density at radius 3 is 2.93 bits per heavy atom. The molecule has 1 aliphatic heterocycles. The molecule has 1 aliphatic rings. The van der Waals surface area contributed by atoms with E-state index < -0.39 is 0 Å². The molecule has 76 valence electrons. The van der Waals surface area contributed by atoms with Crippen molar-refractivity contribution in [3.8, 4) is 6.01 Å². The van der Waals surface area contributed by atoms with Gasteiger partial charge in [0.05, 0.1) is 0 Å². The van der Waals surface area contributed by atoms with Crippen molar-refractivity contribution < 1.29 is 4.74 Å². The largest absolute Gasteiger partial charge is 0.462 e. The first-order valence-corrected chi connectivity index (χ1v) is 4.96. The lowest BCUT2D eigenvalue weighted by atomic mass is 10.2. The number of likely N-dealkylation sites (N-methyl/N-ethyl adjacent to an activating group) is 1. The van der Waals surface area contributed by atoms with Gasteiger partial charge in [-0.05, 0) is 32.5 Å². The molecule has 1 aromatic heterocycles. The average Bonchev–Trinajstić information content (AvgIpc) is 2.63. The Hall–Kier alpha value is -1.16. The van der Waals surface area contributed by atoms with Crippen LogP contribution in [0.2, 0.25) is 0 Å². The molecular weight excluding hydrogens is 178 g/mol. The minimum atomic E-state index is 0.479. The quantitative estimate of drug-likeness (QED) is 0.716. The van der Waals surface area contributed by atoms with Crippen molar-refractivity contribution >= 4 is 0 Å². The number of hydrogen-bond acceptors (Lipinski definition) is 4. The highest BCUT2D eigenvalue weighted by molar-refractivity contribution is 4.93. The fourth-order valence-electron chi connectivity index (χ4n) is 1.72. The molecule has 0 aromatic carbocycles. The zero-order valence-electron chi connectivity index (χ0n) is 8.39. The van der Waals surface area contributed by atoms with Gasteiger partial charge in [-0.2, -0.15) is 0 Å². The average molecular weight is 193 g/mol. The minimum absolute atomic E-state index is 0.479. The van der Waals surface area contributed by atoms with Crippen molar-refractivity contribution in [2.24, 2.45) is 0 Å². The fraction of sp³-hybridized carbons (Fsp3) is 0.600. The molecule has 0 saturated carbocycles. The molecule has 4 nitrogen and oxygen atoms in total. The number of ether oxygens (including phenoxy) is 1. The van der Waals surface area contributed by atoms with Crippen molar-refractivity contribution in [3.63, 3.8) is 0 Å². The van der Waals surface area contributed by atoms with Crippen molar-refractivity contribution in [2.45, 2.75) is 18.9 Å². The zero-order valence-corrected chi connectivity index (χ0v) is 8.39. The van der Waals surface area contributed by atoms with Gasteiger partial charge in [0.1, 0.15) is 6.61 Å². The molecule has 14 heavy (non-hydrogen) atoms. The number of hydrogen-bond donors (Lipinski definition) is 0. The van der Waals surface area contributed by atoms with Crippen LogP contribution in [0.1, 0.15) is 12.8 Å². The Bertz CT molecular complexity index is 278. The second-order valence-corrected chi connectivity index (χ2v) is 3.62. The molecule has 1 fully saturated rings. The number of rotatable bonds is 3. The first-order chi connectivity index (χ1) is 6.86. The van der Waals surface area contributed by atoms with Crippen molar-refractivity contribution in [1.29, 1.82) is 0 Å². The van der Waals surface area contributed by atoms with E-state index in [1.165, 1.54) is 19.4 Å². The number of nitrogens with zero attached hydrogens (tertiary/aromatic N) is 3. The van der Waals surface area contributed by atoms with Gasteiger partial charge in [-0.3, -0.25) is 0 Å². The summed E-state index contributed by atoms with van der Waals surface area (Å²) < 4.78 is 5.50. The summed E-state index contributed by atoms with van der Waals surface area (Å²) in [6.07, 6.45) is 5.87. The zero-order chi connectivity index (χ0) is 9.80. The van der Waals surface area contributed by atoms with E-state index in [1.54, 1.807) is 18.5 Å². The van der Waals surface area contributed by atoms with Gasteiger partial charge in [0.2, 0.25) is 0 Å². The van der Waals surface area contributed by atoms with E-state index in [4.69, 9.17) is 4.74 Å². The van der Waals surface area contributed by atoms with E-state index in [1.807, 2.05) is 0 Å². The van der Waals surface area contributed by atoms with E-state index in [0.29, 0.717) is 18.7 Å². The molecule has 0 spiro atoms. The van der Waals surface area contributed by atoms with Crippen LogP contribution in [0.5, 0.6) is 6.01 Å². The molecule has 0 N–H and O–H groups in total. The second-order valence-electron chi connectivity index (χ2n) is 3.62. The third kappa shape index (κ3) is 2.20. The summed E-state index contributed by atoms with van der Waals surface area (Å²) in [7, 11) is 2.13. The van der Waals surface area contributed by atoms with Crippen LogP contribution in [-0.4, -0.2) is 41.1 Å². The molecule has 1 saturated heterocycles. The van der Waals surface area contributed by atoms with Crippen LogP contribution in [0, 0.1) is 0 Å². The van der Waals surface area contributed by atoms with Crippen molar-refractivity contribution in [2.75, 3.05) is 20.2 Å². The van der Waals surface area contributed by atoms with Gasteiger partial charge in [-0.25, -0.2) is 9.97 Å². The predicted molar refractivity (Wildman–Crippen MR) is 53.2 cm³/mol. The second kappa shape index (κ2) is 4.37. The van der Waals surface area contributed by atoms with Crippen LogP contribution in [-0.2, 0) is 0 Å². The highest BCUT2D eigenvalue weighted by atomic mass is 16.5. The normalized spacial score (nSPS) is 22.5. The molecule has 0 aliphatic carbocycles. The van der Waals surface area contributed by atoms with Gasteiger partial charge in [0.25, 0.3) is 0 Å². The lowest BCUT2D eigenvalue weighted by Gasteiger charge is -2.18. The summed E-state index contributed by atoms with van der Waals surface area (Å²) in [4.78, 5) is 10.3. The molecule has 0 amide bonds. The summed E-state index contributed by atoms with van der Waals surface area (Å²) in [6, 6.07) is 2.79. The first kappa shape index (κ1) is 9.40. The summed E-state index contributed by atoms with van der Waals surface area (Å²) in [5.41, 5.74) is 0. The molecule has 1 aromatic rings. The monoisotopic (exact) mass is 193 g/mol. The van der Waals surface area contributed by atoms with E-state index >= 15 is 0 Å². The van der Waals surface area contributed by atoms with E-state index in [0.717, 1.165) is 0 Å². The summed E-state index contributed by atoms with van der Waals surface area (Å²) in [5.74, 6) is 0. The fourth-order valence-corrected chi connectivity index (χ4v) is 1.72. The lowest BCUT2D eigenvalue weighted by molar-refractivity contribution is 0.187. The third-order valence-electron chi connectivity index (χ3n) is 2.62. The Morgan fingerprint density at radius 2 is 2.29 bits per heavy atom. The molecule has 2 heterocycles. The molecule has 4 heteroatoms. The van der Waals surface area contributed by atoms with Gasteiger partial charge >= 0.3 is 6.01 Å². The lowest BCUT2D eigenvalue weighted by Crippen LogP contribution is -2.30. The van der Waals surface area contributed by atoms with Crippen LogP contribution < -0.4 is 4.74 Å². The highest BCUT2D eigenvalue weighted by Crippen LogP contribution is 2.15. The first-order valence-electron chi connectivity index (χ1n) is 4.96. The standard InChI is InChI=1S/C10H15N3O/c1-13-7-2-4-9(13)8-14-10-11-5-3-6-12-10/h3,5-6,9H,2,4,7-8H2,1H3. The third-order valence-corrected chi connectivity index (χ3v) is 2.62. The summed E-state index contributed by atoms with van der Waals surface area (Å²) >= 11 is 0. The molecule has 2 rings (SSSR count). The van der Waals surface area contributed by atoms with Gasteiger partial charge in [0, 0.05) is 18.4 Å². The van der Waals surface area contributed by atoms with Crippen LogP contribution >= 0.6 is 0 Å². The molecule has 0 bridgehead atoms. The number of aromatic nitrogens is 2. The van der Waals surface area contributed by atoms with Crippen LogP contribution in [0.25, 0.3) is 0 Å². The number of likely N-dealkylation sites (tertiary alicyclic amines) is 1. The van der Waals surface area contributed by atoms with Crippen molar-refractivity contribution in [3.05, 3.63) is 18.5 Å². The molecule has 1 atom stereocenters. The van der Waals surface area contributed by atoms with Gasteiger partial charge in [-0.1, -0.05) is 0 Å². The maximum Gasteiger partial charge on any atom is 0.316 e. The Kier molecular flexibility index (Phi) is 2.93. The molecule has 0 radical (unpaired) electrons. The van der Waals surface area contributed by atoms with Crippen LogP contribution in [0.3, 0.4) is 0 Å². The van der Waals surface area contributed by atoms with Crippen molar-refractivity contribution in [1.82, 2.24) is 14.9 Å². The van der Waals surface area contributed by atoms with Crippen LogP contribution in [0.4, 0.5) is 0 Å². The Labute approximate surface area is 83.9 Å². The van der Waals surface area contributed by atoms with Gasteiger partial charge in [-0.15, -0.1) is 0 Å². The Balaban J connectivity index is 1.82. The topological polar surface area (TPSA) is 38.2 Å². The van der Waals surface area contributed by atoms with Crippen LogP contribution in [0.15, 0.2) is 18.5 Å². The highest BCUT2D eigenvalue weighted by Gasteiger charge is 2.21. The van der Waals surface area contributed by atoms with E-state index in [9.17, 15) is 0 Å². The minimum Gasteiger partial charge on any atom is -0.462 e.